The monoisotopic (exact) mass is 334 g/mol. The molecule has 7 heteroatoms. The van der Waals surface area contributed by atoms with Crippen LogP contribution in [-0.2, 0) is 4.79 Å². The van der Waals surface area contributed by atoms with E-state index in [2.05, 4.69) is 30.3 Å². The first-order chi connectivity index (χ1) is 11.6. The normalized spacial score (nSPS) is 21.3. The Morgan fingerprint density at radius 3 is 2.79 bits per heavy atom. The third kappa shape index (κ3) is 4.13. The van der Waals surface area contributed by atoms with Crippen molar-refractivity contribution in [2.75, 3.05) is 26.7 Å². The Kier molecular flexibility index (Phi) is 5.84. The molecule has 2 N–H and O–H groups in total. The van der Waals surface area contributed by atoms with E-state index in [9.17, 15) is 4.79 Å². The van der Waals surface area contributed by atoms with Crippen LogP contribution in [0.4, 0.5) is 0 Å². The van der Waals surface area contributed by atoms with Crippen LogP contribution in [0.5, 0.6) is 0 Å². The highest BCUT2D eigenvalue weighted by Gasteiger charge is 2.24. The Bertz CT molecular complexity index is 533. The van der Waals surface area contributed by atoms with Crippen LogP contribution in [0.25, 0.3) is 0 Å². The number of nitrogens with zero attached hydrogens (tertiary/aromatic N) is 4. The van der Waals surface area contributed by atoms with Crippen LogP contribution in [-0.4, -0.2) is 58.3 Å². The van der Waals surface area contributed by atoms with E-state index in [1.54, 1.807) is 0 Å². The fourth-order valence-electron chi connectivity index (χ4n) is 3.98. The number of nitrogens with one attached hydrogen (secondary N) is 2. The zero-order valence-electron chi connectivity index (χ0n) is 14.9. The lowest BCUT2D eigenvalue weighted by Crippen LogP contribution is -2.45. The molecule has 0 radical (unpaired) electrons. The minimum absolute atomic E-state index is 0.0597. The van der Waals surface area contributed by atoms with Crippen LogP contribution in [0, 0.1) is 0 Å². The van der Waals surface area contributed by atoms with Crippen molar-refractivity contribution in [3.8, 4) is 0 Å². The number of carbonyl (C=O) groups is 1. The lowest BCUT2D eigenvalue weighted by atomic mass is 10.1. The maximum atomic E-state index is 12.4. The van der Waals surface area contributed by atoms with Crippen LogP contribution in [0.2, 0.25) is 0 Å². The summed E-state index contributed by atoms with van der Waals surface area (Å²) in [5, 5.41) is 14.8. The Hall–Kier alpha value is -1.47. The van der Waals surface area contributed by atoms with Crippen molar-refractivity contribution >= 4 is 5.91 Å². The van der Waals surface area contributed by atoms with Gasteiger partial charge in [-0.1, -0.05) is 12.8 Å². The maximum absolute atomic E-state index is 12.4. The molecular formula is C17H30N6O. The molecule has 1 aliphatic carbocycles. The zero-order valence-corrected chi connectivity index (χ0v) is 14.9. The van der Waals surface area contributed by atoms with E-state index in [4.69, 9.17) is 0 Å². The molecule has 24 heavy (non-hydrogen) atoms. The van der Waals surface area contributed by atoms with Gasteiger partial charge in [0.2, 0.25) is 5.91 Å². The molecule has 1 saturated carbocycles. The molecule has 3 rings (SSSR count). The molecule has 0 bridgehead atoms. The lowest BCUT2D eigenvalue weighted by molar-refractivity contribution is -0.123. The van der Waals surface area contributed by atoms with Crippen LogP contribution in [0.15, 0.2) is 6.33 Å². The number of hydrogen-bond donors (Lipinski definition) is 2. The molecule has 7 nitrogen and oxygen atoms in total. The van der Waals surface area contributed by atoms with Gasteiger partial charge in [0.1, 0.15) is 6.33 Å². The summed E-state index contributed by atoms with van der Waals surface area (Å²) >= 11 is 0. The summed E-state index contributed by atoms with van der Waals surface area (Å²) in [7, 11) is 2.04. The highest BCUT2D eigenvalue weighted by atomic mass is 16.2. The fourth-order valence-corrected chi connectivity index (χ4v) is 3.98. The highest BCUT2D eigenvalue weighted by molar-refractivity contribution is 5.78. The van der Waals surface area contributed by atoms with E-state index in [1.807, 2.05) is 20.3 Å². The topological polar surface area (TPSA) is 75.1 Å². The molecular weight excluding hydrogens is 304 g/mol. The van der Waals surface area contributed by atoms with Crippen molar-refractivity contribution < 1.29 is 4.79 Å². The van der Waals surface area contributed by atoms with E-state index in [0.29, 0.717) is 18.6 Å². The first kappa shape index (κ1) is 17.4. The quantitative estimate of drug-likeness (QED) is 0.819. The van der Waals surface area contributed by atoms with Crippen molar-refractivity contribution in [2.24, 2.45) is 0 Å². The van der Waals surface area contributed by atoms with Gasteiger partial charge in [-0.15, -0.1) is 10.2 Å². The van der Waals surface area contributed by atoms with Crippen LogP contribution >= 0.6 is 0 Å². The van der Waals surface area contributed by atoms with Crippen molar-refractivity contribution in [3.63, 3.8) is 0 Å². The first-order valence-electron chi connectivity index (χ1n) is 9.25. The standard InChI is InChI=1S/C17H30N6O/c1-13(17-21-19-12-23(17)15-5-3-4-6-15)20-16(24)11-22(2)14-7-9-18-10-8-14/h12-15,18H,3-11H2,1-2H3,(H,20,24)/t13-/m1/s1. The summed E-state index contributed by atoms with van der Waals surface area (Å²) in [5.74, 6) is 0.935. The molecule has 0 unspecified atom stereocenters. The molecule has 0 spiro atoms. The van der Waals surface area contributed by atoms with Crippen molar-refractivity contribution in [3.05, 3.63) is 12.2 Å². The van der Waals surface area contributed by atoms with Crippen LogP contribution < -0.4 is 10.6 Å². The van der Waals surface area contributed by atoms with E-state index >= 15 is 0 Å². The third-order valence-corrected chi connectivity index (χ3v) is 5.41. The number of carbonyl (C=O) groups excluding carboxylic acids is 1. The van der Waals surface area contributed by atoms with Crippen molar-refractivity contribution in [1.29, 1.82) is 0 Å². The minimum Gasteiger partial charge on any atom is -0.345 e. The number of amides is 1. The smallest absolute Gasteiger partial charge is 0.234 e. The molecule has 2 aliphatic rings. The number of piperidine rings is 1. The summed E-state index contributed by atoms with van der Waals surface area (Å²) in [4.78, 5) is 14.6. The van der Waals surface area contributed by atoms with Gasteiger partial charge in [-0.3, -0.25) is 9.69 Å². The number of aromatic nitrogens is 3. The van der Waals surface area contributed by atoms with Crippen molar-refractivity contribution in [2.45, 2.75) is 63.6 Å². The van der Waals surface area contributed by atoms with Crippen molar-refractivity contribution in [1.82, 2.24) is 30.3 Å². The molecule has 1 saturated heterocycles. The van der Waals surface area contributed by atoms with Gasteiger partial charge >= 0.3 is 0 Å². The molecule has 134 valence electrons. The summed E-state index contributed by atoms with van der Waals surface area (Å²) < 4.78 is 2.16. The number of hydrogen-bond acceptors (Lipinski definition) is 5. The molecule has 1 aromatic heterocycles. The second-order valence-corrected chi connectivity index (χ2v) is 7.22. The van der Waals surface area contributed by atoms with E-state index in [0.717, 1.165) is 31.8 Å². The molecule has 1 aliphatic heterocycles. The number of likely N-dealkylation sites (N-methyl/N-ethyl adjacent to an activating group) is 1. The van der Waals surface area contributed by atoms with Gasteiger partial charge < -0.3 is 15.2 Å². The van der Waals surface area contributed by atoms with Crippen LogP contribution in [0.1, 0.15) is 63.4 Å². The predicted octanol–water partition coefficient (Wildman–Crippen LogP) is 1.25. The summed E-state index contributed by atoms with van der Waals surface area (Å²) in [6.07, 6.45) is 8.93. The molecule has 0 aromatic carbocycles. The van der Waals surface area contributed by atoms with E-state index < -0.39 is 0 Å². The Labute approximate surface area is 144 Å². The summed E-state index contributed by atoms with van der Waals surface area (Å²) in [5.41, 5.74) is 0. The van der Waals surface area contributed by atoms with Gasteiger partial charge in [-0.05, 0) is 52.7 Å². The van der Waals surface area contributed by atoms with Gasteiger partial charge in [0, 0.05) is 12.1 Å². The summed E-state index contributed by atoms with van der Waals surface area (Å²) in [6, 6.07) is 0.878. The fraction of sp³-hybridized carbons (Fsp3) is 0.824. The second-order valence-electron chi connectivity index (χ2n) is 7.22. The molecule has 1 atom stereocenters. The molecule has 1 aromatic rings. The molecule has 1 amide bonds. The van der Waals surface area contributed by atoms with Gasteiger partial charge in [-0.25, -0.2) is 0 Å². The Morgan fingerprint density at radius 1 is 1.38 bits per heavy atom. The van der Waals surface area contributed by atoms with Gasteiger partial charge in [0.25, 0.3) is 0 Å². The largest absolute Gasteiger partial charge is 0.345 e. The van der Waals surface area contributed by atoms with Gasteiger partial charge in [0.05, 0.1) is 12.6 Å². The van der Waals surface area contributed by atoms with Gasteiger partial charge in [0.15, 0.2) is 5.82 Å². The lowest BCUT2D eigenvalue weighted by Gasteiger charge is -2.31. The maximum Gasteiger partial charge on any atom is 0.234 e. The first-order valence-corrected chi connectivity index (χ1v) is 9.25. The Balaban J connectivity index is 1.53. The highest BCUT2D eigenvalue weighted by Crippen LogP contribution is 2.31. The minimum atomic E-state index is -0.109. The second kappa shape index (κ2) is 8.07. The Morgan fingerprint density at radius 2 is 2.08 bits per heavy atom. The summed E-state index contributed by atoms with van der Waals surface area (Å²) in [6.45, 7) is 4.51. The SMILES string of the molecule is C[C@@H](NC(=O)CN(C)C1CCNCC1)c1nncn1C1CCCC1. The average Bonchev–Trinajstić information content (AvgIpc) is 3.26. The third-order valence-electron chi connectivity index (χ3n) is 5.41. The molecule has 2 heterocycles. The predicted molar refractivity (Wildman–Crippen MR) is 92.6 cm³/mol. The van der Waals surface area contributed by atoms with E-state index in [1.165, 1.54) is 25.7 Å². The molecule has 2 fully saturated rings. The van der Waals surface area contributed by atoms with Gasteiger partial charge in [-0.2, -0.15) is 0 Å². The average molecular weight is 334 g/mol. The van der Waals surface area contributed by atoms with Crippen LogP contribution in [0.3, 0.4) is 0 Å². The number of rotatable bonds is 6. The van der Waals surface area contributed by atoms with E-state index in [-0.39, 0.29) is 11.9 Å². The zero-order chi connectivity index (χ0) is 16.9.